The summed E-state index contributed by atoms with van der Waals surface area (Å²) in [4.78, 5) is 10.6. The third-order valence-corrected chi connectivity index (χ3v) is 4.86. The van der Waals surface area contributed by atoms with Gasteiger partial charge < -0.3 is 10.1 Å². The number of carbonyl (C=O) groups is 1. The van der Waals surface area contributed by atoms with Crippen molar-refractivity contribution in [2.75, 3.05) is 5.32 Å². The van der Waals surface area contributed by atoms with Crippen molar-refractivity contribution < 1.29 is 4.79 Å². The van der Waals surface area contributed by atoms with Gasteiger partial charge in [-0.15, -0.1) is 0 Å². The van der Waals surface area contributed by atoms with Crippen LogP contribution in [0.1, 0.15) is 46.0 Å². The van der Waals surface area contributed by atoms with Crippen LogP contribution in [0.2, 0.25) is 5.02 Å². The Hall–Kier alpha value is -1.02. The first kappa shape index (κ1) is 15.4. The Labute approximate surface area is 126 Å². The summed E-state index contributed by atoms with van der Waals surface area (Å²) in [5, 5.41) is 4.40. The third kappa shape index (κ3) is 3.99. The van der Waals surface area contributed by atoms with Crippen LogP contribution in [0.5, 0.6) is 0 Å². The molecule has 1 aliphatic carbocycles. The lowest BCUT2D eigenvalue weighted by atomic mass is 9.72. The molecule has 0 spiro atoms. The molecule has 0 bridgehead atoms. The maximum Gasteiger partial charge on any atom is 0.120 e. The summed E-state index contributed by atoms with van der Waals surface area (Å²) in [7, 11) is 0. The molecule has 0 saturated heterocycles. The van der Waals surface area contributed by atoms with Gasteiger partial charge in [0.05, 0.1) is 0 Å². The second-order valence-corrected chi connectivity index (χ2v) is 6.91. The van der Waals surface area contributed by atoms with Crippen LogP contribution >= 0.6 is 11.6 Å². The Kier molecular flexibility index (Phi) is 5.09. The molecule has 2 nitrogen and oxygen atoms in total. The zero-order valence-electron chi connectivity index (χ0n) is 12.4. The van der Waals surface area contributed by atoms with Gasteiger partial charge >= 0.3 is 0 Å². The minimum atomic E-state index is 0.0694. The normalized spacial score (nSPS) is 23.4. The summed E-state index contributed by atoms with van der Waals surface area (Å²) in [6.45, 7) is 4.54. The molecule has 1 fully saturated rings. The maximum absolute atomic E-state index is 10.6. The van der Waals surface area contributed by atoms with Crippen LogP contribution in [0, 0.1) is 11.8 Å². The monoisotopic (exact) mass is 293 g/mol. The molecule has 0 unspecified atom stereocenters. The second kappa shape index (κ2) is 6.62. The number of nitrogens with one attached hydrogen (secondary N) is 1. The number of rotatable bonds is 5. The van der Waals surface area contributed by atoms with Gasteiger partial charge in [-0.1, -0.05) is 11.6 Å². The Balaban J connectivity index is 1.93. The van der Waals surface area contributed by atoms with Gasteiger partial charge in [-0.25, -0.2) is 0 Å². The van der Waals surface area contributed by atoms with Gasteiger partial charge in [0.2, 0.25) is 0 Å². The van der Waals surface area contributed by atoms with E-state index in [2.05, 4.69) is 19.2 Å². The van der Waals surface area contributed by atoms with E-state index in [1.54, 1.807) is 0 Å². The van der Waals surface area contributed by atoms with Crippen molar-refractivity contribution in [2.45, 2.75) is 51.5 Å². The van der Waals surface area contributed by atoms with Crippen molar-refractivity contribution in [1.29, 1.82) is 0 Å². The lowest BCUT2D eigenvalue weighted by molar-refractivity contribution is -0.108. The average molecular weight is 294 g/mol. The summed E-state index contributed by atoms with van der Waals surface area (Å²) in [5.74, 6) is 1.26. The van der Waals surface area contributed by atoms with E-state index < -0.39 is 0 Å². The van der Waals surface area contributed by atoms with Gasteiger partial charge in [-0.2, -0.15) is 0 Å². The lowest BCUT2D eigenvalue weighted by Crippen LogP contribution is -2.41. The van der Waals surface area contributed by atoms with Crippen LogP contribution in [-0.4, -0.2) is 11.8 Å². The molecule has 0 amide bonds. The lowest BCUT2D eigenvalue weighted by Gasteiger charge is -2.40. The fourth-order valence-corrected chi connectivity index (χ4v) is 3.39. The quantitative estimate of drug-likeness (QED) is 0.780. The smallest absolute Gasteiger partial charge is 0.120 e. The largest absolute Gasteiger partial charge is 0.380 e. The molecule has 0 heterocycles. The number of hydrogen-bond acceptors (Lipinski definition) is 2. The van der Waals surface area contributed by atoms with E-state index in [9.17, 15) is 4.79 Å². The molecule has 20 heavy (non-hydrogen) atoms. The molecule has 1 aromatic carbocycles. The molecule has 1 aliphatic rings. The Bertz CT molecular complexity index is 433. The van der Waals surface area contributed by atoms with Crippen molar-refractivity contribution in [2.24, 2.45) is 11.8 Å². The van der Waals surface area contributed by atoms with E-state index in [1.165, 1.54) is 25.7 Å². The van der Waals surface area contributed by atoms with Gasteiger partial charge in [0.15, 0.2) is 0 Å². The van der Waals surface area contributed by atoms with Crippen molar-refractivity contribution in [1.82, 2.24) is 0 Å². The average Bonchev–Trinajstić information content (AvgIpc) is 2.42. The minimum Gasteiger partial charge on any atom is -0.380 e. The molecule has 2 rings (SSSR count). The maximum atomic E-state index is 10.6. The summed E-state index contributed by atoms with van der Waals surface area (Å²) < 4.78 is 0. The fraction of sp³-hybridized carbons (Fsp3) is 0.588. The summed E-state index contributed by atoms with van der Waals surface area (Å²) in [6, 6.07) is 7.89. The summed E-state index contributed by atoms with van der Waals surface area (Å²) in [6.07, 6.45) is 6.56. The zero-order valence-corrected chi connectivity index (χ0v) is 13.1. The molecular weight excluding hydrogens is 270 g/mol. The van der Waals surface area contributed by atoms with Gasteiger partial charge in [0.25, 0.3) is 0 Å². The number of halogens is 1. The zero-order chi connectivity index (χ0) is 14.6. The van der Waals surface area contributed by atoms with Crippen molar-refractivity contribution in [3.05, 3.63) is 29.3 Å². The highest BCUT2D eigenvalue weighted by molar-refractivity contribution is 6.30. The first-order valence-corrected chi connectivity index (χ1v) is 7.86. The Morgan fingerprint density at radius 1 is 1.20 bits per heavy atom. The van der Waals surface area contributed by atoms with Crippen molar-refractivity contribution in [3.63, 3.8) is 0 Å². The molecule has 0 radical (unpaired) electrons. The number of hydrogen-bond donors (Lipinski definition) is 1. The van der Waals surface area contributed by atoms with Crippen LogP contribution in [0.4, 0.5) is 5.69 Å². The number of aldehydes is 1. The van der Waals surface area contributed by atoms with Crippen molar-refractivity contribution >= 4 is 23.6 Å². The minimum absolute atomic E-state index is 0.0694. The van der Waals surface area contributed by atoms with E-state index in [4.69, 9.17) is 11.6 Å². The highest BCUT2D eigenvalue weighted by atomic mass is 35.5. The van der Waals surface area contributed by atoms with Gasteiger partial charge in [-0.3, -0.25) is 0 Å². The predicted molar refractivity (Wildman–Crippen MR) is 85.3 cm³/mol. The molecule has 1 aromatic rings. The van der Waals surface area contributed by atoms with E-state index >= 15 is 0 Å². The Morgan fingerprint density at radius 3 is 2.35 bits per heavy atom. The highest BCUT2D eigenvalue weighted by Crippen LogP contribution is 2.38. The summed E-state index contributed by atoms with van der Waals surface area (Å²) in [5.41, 5.74) is 1.19. The molecule has 1 saturated carbocycles. The SMILES string of the molecule is CC(C)(Nc1ccc(Cl)cc1)C1CCC(CC=O)CC1. The van der Waals surface area contributed by atoms with Crippen LogP contribution < -0.4 is 5.32 Å². The fourth-order valence-electron chi connectivity index (χ4n) is 3.26. The topological polar surface area (TPSA) is 29.1 Å². The number of benzene rings is 1. The second-order valence-electron chi connectivity index (χ2n) is 6.47. The van der Waals surface area contributed by atoms with Gasteiger partial charge in [0, 0.05) is 22.7 Å². The molecule has 110 valence electrons. The van der Waals surface area contributed by atoms with E-state index in [0.29, 0.717) is 11.8 Å². The van der Waals surface area contributed by atoms with Gasteiger partial charge in [-0.05, 0) is 75.6 Å². The summed E-state index contributed by atoms with van der Waals surface area (Å²) >= 11 is 5.92. The van der Waals surface area contributed by atoms with Crippen LogP contribution in [0.3, 0.4) is 0 Å². The van der Waals surface area contributed by atoms with E-state index in [0.717, 1.165) is 23.4 Å². The first-order valence-electron chi connectivity index (χ1n) is 7.48. The molecule has 0 aliphatic heterocycles. The number of carbonyl (C=O) groups excluding carboxylic acids is 1. The molecule has 0 atom stereocenters. The standard InChI is InChI=1S/C17H24ClNO/c1-17(2,19-16-9-7-15(18)8-10-16)14-5-3-13(4-6-14)11-12-20/h7-10,12-14,19H,3-6,11H2,1-2H3. The van der Waals surface area contributed by atoms with Gasteiger partial charge in [0.1, 0.15) is 6.29 Å². The van der Waals surface area contributed by atoms with Crippen LogP contribution in [-0.2, 0) is 4.79 Å². The van der Waals surface area contributed by atoms with Crippen LogP contribution in [0.15, 0.2) is 24.3 Å². The molecular formula is C17H24ClNO. The Morgan fingerprint density at radius 2 is 1.80 bits per heavy atom. The number of anilines is 1. The first-order chi connectivity index (χ1) is 9.51. The highest BCUT2D eigenvalue weighted by Gasteiger charge is 2.32. The van der Waals surface area contributed by atoms with E-state index in [-0.39, 0.29) is 5.54 Å². The molecule has 0 aromatic heterocycles. The van der Waals surface area contributed by atoms with Crippen LogP contribution in [0.25, 0.3) is 0 Å². The molecule has 3 heteroatoms. The third-order valence-electron chi connectivity index (χ3n) is 4.61. The predicted octanol–water partition coefficient (Wildman–Crippen LogP) is 4.93. The van der Waals surface area contributed by atoms with Crippen molar-refractivity contribution in [3.8, 4) is 0 Å². The van der Waals surface area contributed by atoms with E-state index in [1.807, 2.05) is 24.3 Å². The molecule has 1 N–H and O–H groups in total.